The monoisotopic (exact) mass is 250 g/mol. The number of Topliss-reactive ketones (excluding diaryl/α,β-unsaturated/α-hetero) is 1. The number of thiol groups is 1. The van der Waals surface area contributed by atoms with Gasteiger partial charge in [-0.15, -0.1) is 0 Å². The standard InChI is InChI=1S/C10H20N2O3S/c11-7(10(14)15)4-2-1-3-5-9(13)8(12)6-16/h7-8,16H,1-6,11-12H2,(H,14,15)/p+2/t7-,8?/m0/s1. The summed E-state index contributed by atoms with van der Waals surface area (Å²) in [7, 11) is 0. The molecule has 0 amide bonds. The van der Waals surface area contributed by atoms with Crippen LogP contribution in [-0.2, 0) is 9.59 Å². The highest BCUT2D eigenvalue weighted by Crippen LogP contribution is 2.05. The maximum Gasteiger partial charge on any atom is 0.362 e. The first-order valence-corrected chi connectivity index (χ1v) is 6.14. The normalized spacial score (nSPS) is 14.4. The molecule has 1 unspecified atom stereocenters. The molecule has 0 aromatic heterocycles. The van der Waals surface area contributed by atoms with Crippen molar-refractivity contribution in [3.8, 4) is 0 Å². The van der Waals surface area contributed by atoms with Crippen molar-refractivity contribution in [1.82, 2.24) is 0 Å². The van der Waals surface area contributed by atoms with E-state index in [1.807, 2.05) is 0 Å². The quantitative estimate of drug-likeness (QED) is 0.303. The molecule has 0 fully saturated rings. The Bertz CT molecular complexity index is 236. The van der Waals surface area contributed by atoms with Crippen molar-refractivity contribution in [2.45, 2.75) is 44.2 Å². The minimum atomic E-state index is -0.857. The molecule has 5 nitrogen and oxygen atoms in total. The first-order valence-electron chi connectivity index (χ1n) is 5.51. The zero-order valence-electron chi connectivity index (χ0n) is 9.52. The SMILES string of the molecule is [NH3+]C(CS)C(=O)CCCCC[C@H]([NH3+])C(=O)O. The number of unbranched alkanes of at least 4 members (excludes halogenated alkanes) is 2. The van der Waals surface area contributed by atoms with E-state index in [2.05, 4.69) is 24.1 Å². The Morgan fingerprint density at radius 2 is 1.75 bits per heavy atom. The second kappa shape index (κ2) is 8.55. The Labute approximate surface area is 101 Å². The van der Waals surface area contributed by atoms with E-state index in [1.165, 1.54) is 0 Å². The molecule has 0 radical (unpaired) electrons. The number of carbonyl (C=O) groups excluding carboxylic acids is 1. The van der Waals surface area contributed by atoms with Crippen LogP contribution >= 0.6 is 12.6 Å². The number of carboxylic acid groups (broad SMARTS) is 1. The molecular weight excluding hydrogens is 228 g/mol. The van der Waals surface area contributed by atoms with Gasteiger partial charge in [-0.05, 0) is 12.8 Å². The van der Waals surface area contributed by atoms with E-state index in [9.17, 15) is 9.59 Å². The summed E-state index contributed by atoms with van der Waals surface area (Å²) >= 11 is 4.01. The highest BCUT2D eigenvalue weighted by atomic mass is 32.1. The number of quaternary nitrogens is 2. The van der Waals surface area contributed by atoms with E-state index in [0.717, 1.165) is 19.3 Å². The predicted octanol–water partition coefficient (Wildman–Crippen LogP) is -1.26. The molecular formula is C10H22N2O3S+2. The van der Waals surface area contributed by atoms with Crippen LogP contribution in [0, 0.1) is 0 Å². The molecule has 0 aliphatic rings. The lowest BCUT2D eigenvalue weighted by molar-refractivity contribution is -0.409. The zero-order valence-corrected chi connectivity index (χ0v) is 10.4. The summed E-state index contributed by atoms with van der Waals surface area (Å²) in [5, 5.41) is 8.60. The Hall–Kier alpha value is -0.590. The average Bonchev–Trinajstić information content (AvgIpc) is 2.26. The molecule has 0 aliphatic heterocycles. The number of hydrogen-bond acceptors (Lipinski definition) is 3. The summed E-state index contributed by atoms with van der Waals surface area (Å²) in [6.07, 6.45) is 3.55. The third-order valence-electron chi connectivity index (χ3n) is 2.50. The lowest BCUT2D eigenvalue weighted by atomic mass is 10.0. The van der Waals surface area contributed by atoms with Crippen molar-refractivity contribution in [3.63, 3.8) is 0 Å². The number of rotatable bonds is 9. The highest BCUT2D eigenvalue weighted by molar-refractivity contribution is 7.80. The largest absolute Gasteiger partial charge is 0.477 e. The minimum absolute atomic E-state index is 0.138. The van der Waals surface area contributed by atoms with E-state index in [4.69, 9.17) is 5.11 Å². The first-order chi connectivity index (χ1) is 7.49. The number of carbonyl (C=O) groups is 2. The van der Waals surface area contributed by atoms with E-state index < -0.39 is 12.0 Å². The maximum absolute atomic E-state index is 11.4. The summed E-state index contributed by atoms with van der Waals surface area (Å²) < 4.78 is 0. The van der Waals surface area contributed by atoms with Crippen molar-refractivity contribution in [2.24, 2.45) is 0 Å². The van der Waals surface area contributed by atoms with Gasteiger partial charge in [-0.3, -0.25) is 4.79 Å². The number of ketones is 1. The van der Waals surface area contributed by atoms with Gasteiger partial charge in [-0.2, -0.15) is 12.6 Å². The lowest BCUT2D eigenvalue weighted by Gasteiger charge is -2.05. The third kappa shape index (κ3) is 6.81. The van der Waals surface area contributed by atoms with Gasteiger partial charge < -0.3 is 16.6 Å². The Balaban J connectivity index is 3.47. The Kier molecular flexibility index (Phi) is 8.23. The molecule has 2 atom stereocenters. The Morgan fingerprint density at radius 1 is 1.12 bits per heavy atom. The Morgan fingerprint density at radius 3 is 2.25 bits per heavy atom. The van der Waals surface area contributed by atoms with Gasteiger partial charge in [0.05, 0.1) is 0 Å². The molecule has 0 rings (SSSR count). The highest BCUT2D eigenvalue weighted by Gasteiger charge is 2.16. The number of hydrogen-bond donors (Lipinski definition) is 4. The fraction of sp³-hybridized carbons (Fsp3) is 0.800. The summed E-state index contributed by atoms with van der Waals surface area (Å²) in [4.78, 5) is 21.8. The van der Waals surface area contributed by atoms with Crippen LogP contribution < -0.4 is 11.5 Å². The van der Waals surface area contributed by atoms with Gasteiger partial charge in [0.2, 0.25) is 0 Å². The van der Waals surface area contributed by atoms with Crippen LogP contribution in [0.25, 0.3) is 0 Å². The van der Waals surface area contributed by atoms with Crippen molar-refractivity contribution in [3.05, 3.63) is 0 Å². The fourth-order valence-corrected chi connectivity index (χ4v) is 1.50. The predicted molar refractivity (Wildman–Crippen MR) is 62.9 cm³/mol. The summed E-state index contributed by atoms with van der Waals surface area (Å²) in [6, 6.07) is -0.753. The molecule has 16 heavy (non-hydrogen) atoms. The topological polar surface area (TPSA) is 110 Å². The number of carboxylic acids is 1. The van der Waals surface area contributed by atoms with E-state index in [1.54, 1.807) is 0 Å². The number of aliphatic carboxylic acids is 1. The average molecular weight is 250 g/mol. The molecule has 0 saturated carbocycles. The van der Waals surface area contributed by atoms with Crippen molar-refractivity contribution in [2.75, 3.05) is 5.75 Å². The molecule has 0 bridgehead atoms. The minimum Gasteiger partial charge on any atom is -0.477 e. The molecule has 7 N–H and O–H groups in total. The summed E-state index contributed by atoms with van der Waals surface area (Å²) in [5.41, 5.74) is 7.22. The molecule has 0 aliphatic carbocycles. The van der Waals surface area contributed by atoms with Crippen LogP contribution in [0.1, 0.15) is 32.1 Å². The van der Waals surface area contributed by atoms with E-state index >= 15 is 0 Å². The molecule has 0 heterocycles. The summed E-state index contributed by atoms with van der Waals surface area (Å²) in [6.45, 7) is 0. The van der Waals surface area contributed by atoms with Crippen molar-refractivity contribution in [1.29, 1.82) is 0 Å². The lowest BCUT2D eigenvalue weighted by Crippen LogP contribution is -2.66. The molecule has 94 valence electrons. The van der Waals surface area contributed by atoms with Crippen LogP contribution in [0.5, 0.6) is 0 Å². The second-order valence-corrected chi connectivity index (χ2v) is 4.35. The molecule has 0 spiro atoms. The van der Waals surface area contributed by atoms with Crippen LogP contribution in [0.2, 0.25) is 0 Å². The van der Waals surface area contributed by atoms with Gasteiger partial charge in [0, 0.05) is 18.6 Å². The van der Waals surface area contributed by atoms with Crippen LogP contribution in [0.15, 0.2) is 0 Å². The van der Waals surface area contributed by atoms with Crippen LogP contribution in [-0.4, -0.2) is 34.7 Å². The van der Waals surface area contributed by atoms with Gasteiger partial charge >= 0.3 is 5.97 Å². The third-order valence-corrected chi connectivity index (χ3v) is 2.94. The van der Waals surface area contributed by atoms with Gasteiger partial charge in [0.15, 0.2) is 17.9 Å². The zero-order chi connectivity index (χ0) is 12.6. The summed E-state index contributed by atoms with van der Waals surface area (Å²) in [5.74, 6) is -0.234. The fourth-order valence-electron chi connectivity index (χ4n) is 1.30. The van der Waals surface area contributed by atoms with Gasteiger partial charge in [-0.1, -0.05) is 6.42 Å². The second-order valence-electron chi connectivity index (χ2n) is 3.98. The smallest absolute Gasteiger partial charge is 0.362 e. The molecule has 0 saturated heterocycles. The van der Waals surface area contributed by atoms with Gasteiger partial charge in [-0.25, -0.2) is 4.79 Å². The van der Waals surface area contributed by atoms with Gasteiger partial charge in [0.1, 0.15) is 0 Å². The molecule has 0 aromatic carbocycles. The first kappa shape index (κ1) is 15.4. The van der Waals surface area contributed by atoms with E-state index in [-0.39, 0.29) is 11.8 Å². The van der Waals surface area contributed by atoms with Crippen LogP contribution in [0.4, 0.5) is 0 Å². The van der Waals surface area contributed by atoms with Gasteiger partial charge in [0.25, 0.3) is 0 Å². The van der Waals surface area contributed by atoms with Crippen molar-refractivity contribution >= 4 is 24.4 Å². The maximum atomic E-state index is 11.4. The van der Waals surface area contributed by atoms with E-state index in [0.29, 0.717) is 18.6 Å². The molecule has 0 aromatic rings. The van der Waals surface area contributed by atoms with Crippen molar-refractivity contribution < 1.29 is 26.2 Å². The molecule has 6 heteroatoms. The van der Waals surface area contributed by atoms with Crippen LogP contribution in [0.3, 0.4) is 0 Å².